The Kier molecular flexibility index (Phi) is 7.65. The second-order valence-corrected chi connectivity index (χ2v) is 10.4. The number of imidazole rings is 1. The highest BCUT2D eigenvalue weighted by Crippen LogP contribution is 2.31. The fourth-order valence-corrected chi connectivity index (χ4v) is 5.95. The highest BCUT2D eigenvalue weighted by atomic mass is 35.5. The molecule has 0 saturated carbocycles. The number of hydrogen-bond acceptors (Lipinski definition) is 6. The maximum absolute atomic E-state index is 13.1. The van der Waals surface area contributed by atoms with Crippen molar-refractivity contribution >= 4 is 34.9 Å². The van der Waals surface area contributed by atoms with Crippen molar-refractivity contribution in [1.82, 2.24) is 24.8 Å². The van der Waals surface area contributed by atoms with Crippen molar-refractivity contribution in [2.45, 2.75) is 38.3 Å². The molecule has 0 spiro atoms. The van der Waals surface area contributed by atoms with Gasteiger partial charge in [0.1, 0.15) is 17.7 Å². The summed E-state index contributed by atoms with van der Waals surface area (Å²) in [5.41, 5.74) is 1.62. The van der Waals surface area contributed by atoms with Crippen molar-refractivity contribution in [3.63, 3.8) is 0 Å². The molecule has 192 valence electrons. The number of halogens is 2. The number of aromatic nitrogens is 3. The molecule has 10 heteroatoms. The van der Waals surface area contributed by atoms with Gasteiger partial charge in [0.05, 0.1) is 16.1 Å². The van der Waals surface area contributed by atoms with Crippen molar-refractivity contribution in [2.75, 3.05) is 37.6 Å². The summed E-state index contributed by atoms with van der Waals surface area (Å²) in [7, 11) is 0. The third kappa shape index (κ3) is 5.30. The number of piperazine rings is 1. The van der Waals surface area contributed by atoms with E-state index in [1.807, 2.05) is 17.2 Å². The Morgan fingerprint density at radius 1 is 1.16 bits per heavy atom. The van der Waals surface area contributed by atoms with Gasteiger partial charge in [-0.3, -0.25) is 9.69 Å². The number of benzene rings is 1. The van der Waals surface area contributed by atoms with Gasteiger partial charge in [-0.05, 0) is 43.5 Å². The number of nitrogens with zero attached hydrogens (tertiary/aromatic N) is 6. The first-order valence-corrected chi connectivity index (χ1v) is 13.4. The second-order valence-electron chi connectivity index (χ2n) is 9.54. The largest absolute Gasteiger partial charge is 0.353 e. The van der Waals surface area contributed by atoms with Gasteiger partial charge >= 0.3 is 0 Å². The number of aromatic amines is 1. The summed E-state index contributed by atoms with van der Waals surface area (Å²) in [4.78, 5) is 31.9. The van der Waals surface area contributed by atoms with Crippen LogP contribution in [0.4, 0.5) is 5.82 Å². The van der Waals surface area contributed by atoms with Gasteiger partial charge in [-0.25, -0.2) is 9.97 Å². The summed E-state index contributed by atoms with van der Waals surface area (Å²) in [5, 5.41) is 10.5. The van der Waals surface area contributed by atoms with Gasteiger partial charge in [0.25, 0.3) is 5.91 Å². The number of anilines is 1. The lowest BCUT2D eigenvalue weighted by atomic mass is 9.97. The van der Waals surface area contributed by atoms with Crippen LogP contribution in [0.2, 0.25) is 10.0 Å². The normalized spacial score (nSPS) is 19.1. The molecule has 2 aliphatic heterocycles. The fraction of sp³-hybridized carbons (Fsp3) is 0.407. The molecule has 0 bridgehead atoms. The fourth-order valence-electron chi connectivity index (χ4n) is 5.49. The van der Waals surface area contributed by atoms with Crippen molar-refractivity contribution in [2.24, 2.45) is 0 Å². The number of pyridine rings is 1. The minimum atomic E-state index is -0.0951. The number of rotatable bonds is 5. The van der Waals surface area contributed by atoms with Gasteiger partial charge in [0.2, 0.25) is 0 Å². The average Bonchev–Trinajstić information content (AvgIpc) is 3.47. The van der Waals surface area contributed by atoms with Crippen molar-refractivity contribution in [1.29, 1.82) is 5.26 Å². The zero-order valence-electron chi connectivity index (χ0n) is 20.7. The topological polar surface area (TPSA) is 92.2 Å². The molecule has 0 aliphatic carbocycles. The number of amides is 1. The van der Waals surface area contributed by atoms with E-state index in [-0.39, 0.29) is 5.91 Å². The molecule has 1 aromatic carbocycles. The molecular weight excluding hydrogens is 509 g/mol. The molecule has 1 N–H and O–H groups in total. The zero-order valence-corrected chi connectivity index (χ0v) is 22.2. The summed E-state index contributed by atoms with van der Waals surface area (Å²) in [5.74, 6) is 1.47. The Morgan fingerprint density at radius 3 is 2.65 bits per heavy atom. The van der Waals surface area contributed by atoms with Crippen molar-refractivity contribution in [3.8, 4) is 17.5 Å². The monoisotopic (exact) mass is 537 g/mol. The van der Waals surface area contributed by atoms with E-state index in [0.29, 0.717) is 46.3 Å². The molecule has 2 aliphatic rings. The van der Waals surface area contributed by atoms with Crippen LogP contribution in [0.15, 0.2) is 42.9 Å². The lowest BCUT2D eigenvalue weighted by Crippen LogP contribution is -2.58. The number of carbonyl (C=O) groups excluding carboxylic acids is 1. The summed E-state index contributed by atoms with van der Waals surface area (Å²) in [6, 6.07) is 9.69. The molecule has 1 atom stereocenters. The quantitative estimate of drug-likeness (QED) is 0.499. The van der Waals surface area contributed by atoms with Crippen LogP contribution in [0.25, 0.3) is 11.4 Å². The predicted molar refractivity (Wildman–Crippen MR) is 145 cm³/mol. The van der Waals surface area contributed by atoms with Gasteiger partial charge in [0, 0.05) is 74.0 Å². The molecular formula is C27H29Cl2N7O. The summed E-state index contributed by atoms with van der Waals surface area (Å²) >= 11 is 12.7. The number of carbonyl (C=O) groups is 1. The molecule has 37 heavy (non-hydrogen) atoms. The third-order valence-corrected chi connectivity index (χ3v) is 7.96. The Balaban J connectivity index is 1.21. The van der Waals surface area contributed by atoms with E-state index < -0.39 is 0 Å². The SMILES string of the molecule is CC[C@H]1CN(c2ncc(-c3ncc[nH]3)cc2Cl)CCN1C1CCN(C(=O)c2ccc(Cl)cc2C#N)CC1. The van der Waals surface area contributed by atoms with Crippen LogP contribution in [0.3, 0.4) is 0 Å². The highest BCUT2D eigenvalue weighted by molar-refractivity contribution is 6.33. The van der Waals surface area contributed by atoms with E-state index in [4.69, 9.17) is 23.2 Å². The van der Waals surface area contributed by atoms with Gasteiger partial charge in [0.15, 0.2) is 0 Å². The van der Waals surface area contributed by atoms with E-state index in [1.54, 1.807) is 30.6 Å². The molecule has 5 rings (SSSR count). The lowest BCUT2D eigenvalue weighted by molar-refractivity contribution is 0.0490. The van der Waals surface area contributed by atoms with Crippen molar-refractivity contribution < 1.29 is 4.79 Å². The van der Waals surface area contributed by atoms with Crippen LogP contribution < -0.4 is 4.90 Å². The van der Waals surface area contributed by atoms with Crippen LogP contribution >= 0.6 is 23.2 Å². The first-order valence-electron chi connectivity index (χ1n) is 12.6. The van der Waals surface area contributed by atoms with Crippen LogP contribution in [0, 0.1) is 11.3 Å². The smallest absolute Gasteiger partial charge is 0.255 e. The molecule has 0 unspecified atom stereocenters. The number of H-pyrrole nitrogens is 1. The van der Waals surface area contributed by atoms with Gasteiger partial charge in [-0.2, -0.15) is 5.26 Å². The minimum Gasteiger partial charge on any atom is -0.353 e. The molecule has 1 amide bonds. The number of likely N-dealkylation sites (tertiary alicyclic amines) is 1. The van der Waals surface area contributed by atoms with E-state index in [1.165, 1.54) is 0 Å². The molecule has 3 aromatic rings. The minimum absolute atomic E-state index is 0.0951. The van der Waals surface area contributed by atoms with Gasteiger partial charge in [-0.15, -0.1) is 0 Å². The Morgan fingerprint density at radius 2 is 1.97 bits per heavy atom. The first-order chi connectivity index (χ1) is 18.0. The summed E-state index contributed by atoms with van der Waals surface area (Å²) < 4.78 is 0. The third-order valence-electron chi connectivity index (χ3n) is 7.45. The number of piperidine rings is 1. The molecule has 2 saturated heterocycles. The van der Waals surface area contributed by atoms with E-state index in [9.17, 15) is 10.1 Å². The standard InChI is InChI=1S/C27H29Cl2N7O/c1-2-21-17-35(26-24(29)14-19(16-33-26)25-31-7-8-32-25)11-12-36(21)22-5-9-34(10-6-22)27(37)23-4-3-20(28)13-18(23)15-30/h3-4,7-8,13-14,16,21-22H,2,5-6,9-12,17H2,1H3,(H,31,32)/t21-/m0/s1. The summed E-state index contributed by atoms with van der Waals surface area (Å²) in [6.45, 7) is 6.20. The Bertz CT molecular complexity index is 1300. The van der Waals surface area contributed by atoms with E-state index >= 15 is 0 Å². The van der Waals surface area contributed by atoms with Crippen LogP contribution in [0.1, 0.15) is 42.1 Å². The van der Waals surface area contributed by atoms with E-state index in [0.717, 1.165) is 56.1 Å². The molecule has 4 heterocycles. The first kappa shape index (κ1) is 25.5. The highest BCUT2D eigenvalue weighted by Gasteiger charge is 2.35. The number of hydrogen-bond donors (Lipinski definition) is 1. The Hall–Kier alpha value is -3.12. The molecule has 0 radical (unpaired) electrons. The van der Waals surface area contributed by atoms with Crippen LogP contribution in [-0.4, -0.2) is 75.5 Å². The van der Waals surface area contributed by atoms with Gasteiger partial charge < -0.3 is 14.8 Å². The maximum atomic E-state index is 13.1. The predicted octanol–water partition coefficient (Wildman–Crippen LogP) is 4.86. The lowest BCUT2D eigenvalue weighted by Gasteiger charge is -2.47. The van der Waals surface area contributed by atoms with Crippen LogP contribution in [0.5, 0.6) is 0 Å². The Labute approximate surface area is 226 Å². The molecule has 2 fully saturated rings. The number of nitrogens with one attached hydrogen (secondary N) is 1. The average molecular weight is 538 g/mol. The maximum Gasteiger partial charge on any atom is 0.255 e. The van der Waals surface area contributed by atoms with Crippen LogP contribution in [-0.2, 0) is 0 Å². The number of nitriles is 1. The van der Waals surface area contributed by atoms with Gasteiger partial charge in [-0.1, -0.05) is 30.1 Å². The molecule has 2 aromatic heterocycles. The second kappa shape index (κ2) is 11.1. The van der Waals surface area contributed by atoms with Crippen molar-refractivity contribution in [3.05, 3.63) is 64.0 Å². The molecule has 8 nitrogen and oxygen atoms in total. The zero-order chi connectivity index (χ0) is 25.9. The van der Waals surface area contributed by atoms with E-state index in [2.05, 4.69) is 37.7 Å². The summed E-state index contributed by atoms with van der Waals surface area (Å²) in [6.07, 6.45) is 8.16.